The lowest BCUT2D eigenvalue weighted by Gasteiger charge is -2.30. The lowest BCUT2D eigenvalue weighted by Crippen LogP contribution is -2.50. The largest absolute Gasteiger partial charge is 0.354 e. The van der Waals surface area contributed by atoms with Crippen LogP contribution in [-0.4, -0.2) is 55.6 Å². The van der Waals surface area contributed by atoms with Gasteiger partial charge >= 0.3 is 0 Å². The SMILES string of the molecule is CCCCNC(=O)C(C)N(Cc1ccccc1Cl)C(=O)CN(C)S(=O)(=O)c1ccc(Cl)cc1. The molecule has 0 aliphatic carbocycles. The second-order valence-electron chi connectivity index (χ2n) is 7.65. The summed E-state index contributed by atoms with van der Waals surface area (Å²) < 4.78 is 26.8. The Hall–Kier alpha value is -2.13. The Kier molecular flexibility index (Phi) is 10.2. The predicted molar refractivity (Wildman–Crippen MR) is 131 cm³/mol. The van der Waals surface area contributed by atoms with Crippen molar-refractivity contribution in [2.75, 3.05) is 20.1 Å². The maximum atomic E-state index is 13.3. The van der Waals surface area contributed by atoms with Crippen LogP contribution in [0.5, 0.6) is 0 Å². The van der Waals surface area contributed by atoms with Crippen LogP contribution in [0.1, 0.15) is 32.3 Å². The molecule has 180 valence electrons. The van der Waals surface area contributed by atoms with Crippen LogP contribution in [0.25, 0.3) is 0 Å². The van der Waals surface area contributed by atoms with Crippen molar-refractivity contribution >= 4 is 45.0 Å². The smallest absolute Gasteiger partial charge is 0.243 e. The number of nitrogens with zero attached hydrogens (tertiary/aromatic N) is 2. The van der Waals surface area contributed by atoms with Crippen LogP contribution < -0.4 is 5.32 Å². The first-order valence-corrected chi connectivity index (χ1v) is 12.8. The van der Waals surface area contributed by atoms with E-state index in [1.807, 2.05) is 6.92 Å². The van der Waals surface area contributed by atoms with Crippen molar-refractivity contribution in [3.8, 4) is 0 Å². The highest BCUT2D eigenvalue weighted by atomic mass is 35.5. The van der Waals surface area contributed by atoms with E-state index in [2.05, 4.69) is 5.32 Å². The maximum absolute atomic E-state index is 13.3. The molecule has 0 bridgehead atoms. The number of likely N-dealkylation sites (N-methyl/N-ethyl adjacent to an activating group) is 1. The molecule has 0 aliphatic rings. The summed E-state index contributed by atoms with van der Waals surface area (Å²) in [5.41, 5.74) is 0.656. The molecule has 1 unspecified atom stereocenters. The number of sulfonamides is 1. The molecule has 0 aliphatic heterocycles. The highest BCUT2D eigenvalue weighted by molar-refractivity contribution is 7.89. The molecule has 7 nitrogen and oxygen atoms in total. The van der Waals surface area contributed by atoms with Gasteiger partial charge in [0.25, 0.3) is 0 Å². The maximum Gasteiger partial charge on any atom is 0.243 e. The van der Waals surface area contributed by atoms with Crippen LogP contribution in [0.3, 0.4) is 0 Å². The molecule has 0 spiro atoms. The van der Waals surface area contributed by atoms with Gasteiger partial charge in [-0.2, -0.15) is 4.31 Å². The molecule has 0 saturated carbocycles. The molecule has 2 rings (SSSR count). The van der Waals surface area contributed by atoms with Crippen molar-refractivity contribution in [1.29, 1.82) is 0 Å². The molecule has 2 aromatic rings. The lowest BCUT2D eigenvalue weighted by atomic mass is 10.1. The highest BCUT2D eigenvalue weighted by Gasteiger charge is 2.30. The van der Waals surface area contributed by atoms with E-state index in [0.717, 1.165) is 17.1 Å². The van der Waals surface area contributed by atoms with E-state index in [-0.39, 0.29) is 17.3 Å². The molecule has 0 radical (unpaired) electrons. The fourth-order valence-corrected chi connectivity index (χ4v) is 4.52. The van der Waals surface area contributed by atoms with Gasteiger partial charge in [0.1, 0.15) is 6.04 Å². The fourth-order valence-electron chi connectivity index (χ4n) is 3.08. The van der Waals surface area contributed by atoms with Crippen molar-refractivity contribution in [1.82, 2.24) is 14.5 Å². The summed E-state index contributed by atoms with van der Waals surface area (Å²) in [6.07, 6.45) is 1.74. The van der Waals surface area contributed by atoms with Gasteiger partial charge in [-0.25, -0.2) is 8.42 Å². The zero-order valence-corrected chi connectivity index (χ0v) is 21.3. The number of hydrogen-bond donors (Lipinski definition) is 1. The van der Waals surface area contributed by atoms with Crippen LogP contribution in [-0.2, 0) is 26.2 Å². The van der Waals surface area contributed by atoms with Gasteiger partial charge in [0.05, 0.1) is 11.4 Å². The minimum absolute atomic E-state index is 0.0187. The summed E-state index contributed by atoms with van der Waals surface area (Å²) in [6.45, 7) is 3.75. The summed E-state index contributed by atoms with van der Waals surface area (Å²) in [7, 11) is -2.61. The van der Waals surface area contributed by atoms with E-state index >= 15 is 0 Å². The van der Waals surface area contributed by atoms with Gasteiger partial charge in [-0.1, -0.05) is 54.7 Å². The van der Waals surface area contributed by atoms with Gasteiger partial charge < -0.3 is 10.2 Å². The molecule has 0 fully saturated rings. The van der Waals surface area contributed by atoms with Gasteiger partial charge in [-0.15, -0.1) is 0 Å². The number of nitrogens with one attached hydrogen (secondary N) is 1. The first kappa shape index (κ1) is 27.1. The van der Waals surface area contributed by atoms with E-state index in [0.29, 0.717) is 22.2 Å². The van der Waals surface area contributed by atoms with E-state index in [4.69, 9.17) is 23.2 Å². The monoisotopic (exact) mass is 513 g/mol. The Bertz CT molecular complexity index is 1060. The molecule has 1 N–H and O–H groups in total. The lowest BCUT2D eigenvalue weighted by molar-refractivity contribution is -0.140. The third-order valence-electron chi connectivity index (χ3n) is 5.18. The quantitative estimate of drug-likeness (QED) is 0.460. The molecule has 33 heavy (non-hydrogen) atoms. The van der Waals surface area contributed by atoms with Gasteiger partial charge in [0.15, 0.2) is 0 Å². The first-order valence-electron chi connectivity index (χ1n) is 10.6. The number of halogens is 2. The molecular formula is C23H29Cl2N3O4S. The number of carbonyl (C=O) groups is 2. The van der Waals surface area contributed by atoms with Crippen LogP contribution in [0.4, 0.5) is 0 Å². The Labute approximate surface area is 205 Å². The van der Waals surface area contributed by atoms with Crippen molar-refractivity contribution < 1.29 is 18.0 Å². The van der Waals surface area contributed by atoms with Gasteiger partial charge in [-0.3, -0.25) is 9.59 Å². The predicted octanol–water partition coefficient (Wildman–Crippen LogP) is 3.95. The topological polar surface area (TPSA) is 86.8 Å². The molecule has 0 saturated heterocycles. The van der Waals surface area contributed by atoms with Gasteiger partial charge in [0.2, 0.25) is 21.8 Å². The van der Waals surface area contributed by atoms with E-state index < -0.39 is 28.5 Å². The zero-order valence-electron chi connectivity index (χ0n) is 18.9. The zero-order chi connectivity index (χ0) is 24.6. The first-order chi connectivity index (χ1) is 15.6. The summed E-state index contributed by atoms with van der Waals surface area (Å²) in [5, 5.41) is 3.68. The average Bonchev–Trinajstić information content (AvgIpc) is 2.78. The van der Waals surface area contributed by atoms with Crippen molar-refractivity contribution in [2.45, 2.75) is 44.2 Å². The van der Waals surface area contributed by atoms with E-state index in [1.165, 1.54) is 36.2 Å². The molecule has 10 heteroatoms. The summed E-state index contributed by atoms with van der Waals surface area (Å²) >= 11 is 12.1. The minimum atomic E-state index is -3.93. The number of benzene rings is 2. The number of unbranched alkanes of at least 4 members (excludes halogenated alkanes) is 1. The van der Waals surface area contributed by atoms with Crippen molar-refractivity contribution in [3.63, 3.8) is 0 Å². The molecule has 1 atom stereocenters. The third-order valence-corrected chi connectivity index (χ3v) is 7.61. The molecule has 2 amide bonds. The van der Waals surface area contributed by atoms with Gasteiger partial charge in [0, 0.05) is 30.2 Å². The number of hydrogen-bond acceptors (Lipinski definition) is 4. The molecule has 0 heterocycles. The second-order valence-corrected chi connectivity index (χ2v) is 10.5. The normalized spacial score (nSPS) is 12.4. The van der Waals surface area contributed by atoms with E-state index in [9.17, 15) is 18.0 Å². The molecule has 0 aromatic heterocycles. The van der Waals surface area contributed by atoms with Crippen LogP contribution in [0.2, 0.25) is 10.0 Å². The molecule has 2 aromatic carbocycles. The summed E-state index contributed by atoms with van der Waals surface area (Å²) in [4.78, 5) is 27.3. The van der Waals surface area contributed by atoms with Crippen LogP contribution >= 0.6 is 23.2 Å². The number of amides is 2. The minimum Gasteiger partial charge on any atom is -0.354 e. The fraction of sp³-hybridized carbons (Fsp3) is 0.391. The van der Waals surface area contributed by atoms with Gasteiger partial charge in [-0.05, 0) is 49.2 Å². The second kappa shape index (κ2) is 12.4. The van der Waals surface area contributed by atoms with Crippen LogP contribution in [0, 0.1) is 0 Å². The average molecular weight is 514 g/mol. The van der Waals surface area contributed by atoms with E-state index in [1.54, 1.807) is 31.2 Å². The number of rotatable bonds is 11. The third kappa shape index (κ3) is 7.43. The summed E-state index contributed by atoms with van der Waals surface area (Å²) in [5.74, 6) is -0.833. The highest BCUT2D eigenvalue weighted by Crippen LogP contribution is 2.21. The summed E-state index contributed by atoms with van der Waals surface area (Å²) in [6, 6.07) is 11.9. The standard InChI is InChI=1S/C23H29Cl2N3O4S/c1-4-5-14-26-23(30)17(2)28(15-18-8-6-7-9-21(18)25)22(29)16-27(3)33(31,32)20-12-10-19(24)11-13-20/h6-13,17H,4-5,14-16H2,1-3H3,(H,26,30). The van der Waals surface area contributed by atoms with Crippen molar-refractivity contribution in [3.05, 3.63) is 64.1 Å². The Morgan fingerprint density at radius 3 is 2.30 bits per heavy atom. The Balaban J connectivity index is 2.25. The van der Waals surface area contributed by atoms with Crippen molar-refractivity contribution in [2.24, 2.45) is 0 Å². The molecular weight excluding hydrogens is 485 g/mol. The number of carbonyl (C=O) groups excluding carboxylic acids is 2. The Morgan fingerprint density at radius 2 is 1.70 bits per heavy atom. The Morgan fingerprint density at radius 1 is 1.06 bits per heavy atom. The van der Waals surface area contributed by atoms with Crippen LogP contribution in [0.15, 0.2) is 53.4 Å².